The normalized spacial score (nSPS) is 62.1. The van der Waals surface area contributed by atoms with Crippen LogP contribution in [0.5, 0.6) is 0 Å². The van der Waals surface area contributed by atoms with Gasteiger partial charge in [0.25, 0.3) is 0 Å². The minimum Gasteiger partial charge on any atom is -0.398 e. The number of hydrogen-bond acceptors (Lipinski definition) is 2. The van der Waals surface area contributed by atoms with Crippen molar-refractivity contribution in [2.45, 2.75) is 36.4 Å². The molecule has 0 aromatic heterocycles. The first kappa shape index (κ1) is 8.00. The van der Waals surface area contributed by atoms with Crippen LogP contribution in [0.15, 0.2) is 0 Å². The Kier molecular flexibility index (Phi) is 1.45. The first-order chi connectivity index (χ1) is 4.97. The Hall–Kier alpha value is 0.375. The molecule has 2 fully saturated rings. The highest BCUT2D eigenvalue weighted by Gasteiger charge is 2.63. The molecule has 62 valence electrons. The van der Waals surface area contributed by atoms with Crippen LogP contribution < -0.4 is 0 Å². The van der Waals surface area contributed by atoms with E-state index in [0.717, 1.165) is 18.8 Å². The van der Waals surface area contributed by atoms with Crippen molar-refractivity contribution < 1.29 is 5.11 Å². The van der Waals surface area contributed by atoms with Crippen molar-refractivity contribution in [3.8, 4) is 0 Å². The van der Waals surface area contributed by atoms with Gasteiger partial charge in [-0.25, -0.2) is 0 Å². The second-order valence-corrected chi connectivity index (χ2v) is 5.32. The van der Waals surface area contributed by atoms with Gasteiger partial charge in [-0.3, -0.25) is 0 Å². The predicted octanol–water partition coefficient (Wildman–Crippen LogP) is 0.426. The first-order valence-corrected chi connectivity index (χ1v) is 4.87. The van der Waals surface area contributed by atoms with E-state index < -0.39 is 5.50 Å². The maximum Gasteiger partial charge on any atom is 0.144 e. The molecule has 2 aliphatic rings. The molecule has 2 rings (SSSR count). The molecule has 0 aliphatic heterocycles. The second kappa shape index (κ2) is 2.00. The van der Waals surface area contributed by atoms with Crippen LogP contribution in [0.3, 0.4) is 0 Å². The van der Waals surface area contributed by atoms with E-state index in [9.17, 15) is 5.11 Å². The molecule has 0 spiro atoms. The van der Waals surface area contributed by atoms with Crippen molar-refractivity contribution in [2.75, 3.05) is 0 Å². The zero-order valence-corrected chi connectivity index (χ0v) is 8.06. The van der Waals surface area contributed by atoms with Gasteiger partial charge in [-0.05, 0) is 31.1 Å². The monoisotopic (exact) mass is 170 g/mol. The molecule has 3 heteroatoms. The van der Waals surface area contributed by atoms with Gasteiger partial charge in [0.2, 0.25) is 0 Å². The van der Waals surface area contributed by atoms with Gasteiger partial charge in [0.15, 0.2) is 0 Å². The molecular formula is C8H15BOS. The van der Waals surface area contributed by atoms with Crippen LogP contribution in [0.25, 0.3) is 0 Å². The zero-order chi connectivity index (χ0) is 8.28. The topological polar surface area (TPSA) is 20.2 Å². The molecule has 4 unspecified atom stereocenters. The Labute approximate surface area is 74.4 Å². The van der Waals surface area contributed by atoms with Crippen LogP contribution in [0.1, 0.15) is 26.2 Å². The third-order valence-electron chi connectivity index (χ3n) is 3.83. The van der Waals surface area contributed by atoms with Crippen molar-refractivity contribution in [1.82, 2.24) is 0 Å². The van der Waals surface area contributed by atoms with Crippen LogP contribution in [-0.2, 0) is 0 Å². The predicted molar refractivity (Wildman–Crippen MR) is 51.7 cm³/mol. The smallest absolute Gasteiger partial charge is 0.144 e. The Morgan fingerprint density at radius 2 is 2.27 bits per heavy atom. The quantitative estimate of drug-likeness (QED) is 0.399. The van der Waals surface area contributed by atoms with Crippen LogP contribution in [-0.4, -0.2) is 23.2 Å². The lowest BCUT2D eigenvalue weighted by Gasteiger charge is -2.56. The van der Waals surface area contributed by atoms with E-state index in [1.54, 1.807) is 0 Å². The number of thiol groups is 1. The van der Waals surface area contributed by atoms with Gasteiger partial charge < -0.3 is 5.11 Å². The van der Waals surface area contributed by atoms with Crippen molar-refractivity contribution in [1.29, 1.82) is 0 Å². The van der Waals surface area contributed by atoms with Gasteiger partial charge >= 0.3 is 0 Å². The molecule has 2 aliphatic carbocycles. The maximum absolute atomic E-state index is 9.88. The van der Waals surface area contributed by atoms with Crippen molar-refractivity contribution in [2.24, 2.45) is 11.8 Å². The summed E-state index contributed by atoms with van der Waals surface area (Å²) in [4.78, 5) is 0. The number of rotatable bonds is 0. The van der Waals surface area contributed by atoms with Crippen LogP contribution in [0.4, 0.5) is 0 Å². The maximum atomic E-state index is 9.88. The molecule has 11 heavy (non-hydrogen) atoms. The molecule has 0 heterocycles. The van der Waals surface area contributed by atoms with Crippen molar-refractivity contribution >= 4 is 20.5 Å². The highest BCUT2D eigenvalue weighted by molar-refractivity contribution is 7.82. The molecule has 0 aromatic rings. The summed E-state index contributed by atoms with van der Waals surface area (Å²) in [5.74, 6) is 1.44. The summed E-state index contributed by atoms with van der Waals surface area (Å²) in [6.07, 6.45) is 3.29. The third-order valence-corrected chi connectivity index (χ3v) is 4.87. The molecule has 0 bridgehead atoms. The van der Waals surface area contributed by atoms with E-state index in [2.05, 4.69) is 19.6 Å². The molecular weight excluding hydrogens is 155 g/mol. The van der Waals surface area contributed by atoms with Gasteiger partial charge in [0, 0.05) is 10.2 Å². The van der Waals surface area contributed by atoms with E-state index in [1.807, 2.05) is 7.85 Å². The van der Waals surface area contributed by atoms with Gasteiger partial charge in [-0.15, -0.1) is 0 Å². The van der Waals surface area contributed by atoms with E-state index in [4.69, 9.17) is 0 Å². The highest BCUT2D eigenvalue weighted by atomic mass is 32.1. The fourth-order valence-electron chi connectivity index (χ4n) is 2.82. The summed E-state index contributed by atoms with van der Waals surface area (Å²) in [6, 6.07) is 0. The van der Waals surface area contributed by atoms with Gasteiger partial charge in [-0.2, -0.15) is 12.6 Å². The fourth-order valence-corrected chi connectivity index (χ4v) is 3.38. The summed E-state index contributed by atoms with van der Waals surface area (Å²) in [7, 11) is 1.93. The average Bonchev–Trinajstić information content (AvgIpc) is 2.15. The lowest BCUT2D eigenvalue weighted by molar-refractivity contribution is -0.0406. The van der Waals surface area contributed by atoms with Crippen molar-refractivity contribution in [3.05, 3.63) is 0 Å². The fraction of sp³-hybridized carbons (Fsp3) is 1.00. The standard InChI is InChI=1S/C8H15BOS/c1-5-2-3-7(11)6(5)4-8(7,9)10/h5-6,10-11H,2-4,9H2,1H3. The minimum atomic E-state index is -0.495. The van der Waals surface area contributed by atoms with Gasteiger partial charge in [0.1, 0.15) is 7.85 Å². The zero-order valence-electron chi connectivity index (χ0n) is 7.17. The molecule has 0 saturated heterocycles. The molecule has 1 N–H and O–H groups in total. The van der Waals surface area contributed by atoms with Crippen molar-refractivity contribution in [3.63, 3.8) is 0 Å². The highest BCUT2D eigenvalue weighted by Crippen LogP contribution is 2.61. The molecule has 4 atom stereocenters. The summed E-state index contributed by atoms with van der Waals surface area (Å²) in [6.45, 7) is 2.28. The molecule has 0 radical (unpaired) electrons. The van der Waals surface area contributed by atoms with E-state index in [1.165, 1.54) is 6.42 Å². The van der Waals surface area contributed by atoms with Crippen LogP contribution >= 0.6 is 12.6 Å². The number of hydrogen-bond donors (Lipinski definition) is 2. The molecule has 0 aromatic carbocycles. The number of fused-ring (bicyclic) bond motifs is 1. The van der Waals surface area contributed by atoms with Crippen LogP contribution in [0.2, 0.25) is 0 Å². The summed E-state index contributed by atoms with van der Waals surface area (Å²) < 4.78 is -0.0492. The largest absolute Gasteiger partial charge is 0.398 e. The molecule has 1 nitrogen and oxygen atoms in total. The average molecular weight is 170 g/mol. The molecule has 0 amide bonds. The SMILES string of the molecule is BC1(O)CC2C(C)CCC21S. The van der Waals surface area contributed by atoms with E-state index in [0.29, 0.717) is 5.92 Å². The Bertz CT molecular complexity index is 195. The lowest BCUT2D eigenvalue weighted by atomic mass is 9.51. The van der Waals surface area contributed by atoms with Gasteiger partial charge in [0.05, 0.1) is 0 Å². The molecule has 2 saturated carbocycles. The van der Waals surface area contributed by atoms with E-state index >= 15 is 0 Å². The Morgan fingerprint density at radius 3 is 2.64 bits per heavy atom. The lowest BCUT2D eigenvalue weighted by Crippen LogP contribution is -2.65. The first-order valence-electron chi connectivity index (χ1n) is 4.42. The second-order valence-electron chi connectivity index (χ2n) is 4.52. The Morgan fingerprint density at radius 1 is 1.64 bits per heavy atom. The van der Waals surface area contributed by atoms with Crippen LogP contribution in [0, 0.1) is 11.8 Å². The summed E-state index contributed by atoms with van der Waals surface area (Å²) in [5, 5.41) is 9.88. The summed E-state index contributed by atoms with van der Waals surface area (Å²) >= 11 is 4.62. The summed E-state index contributed by atoms with van der Waals surface area (Å²) in [5.41, 5.74) is -0.495. The Balaban J connectivity index is 2.23. The van der Waals surface area contributed by atoms with Gasteiger partial charge in [-0.1, -0.05) is 6.92 Å². The van der Waals surface area contributed by atoms with E-state index in [-0.39, 0.29) is 4.75 Å². The number of aliphatic hydroxyl groups is 1. The minimum absolute atomic E-state index is 0.0492. The third kappa shape index (κ3) is 0.789.